The molecule has 1 amide bonds. The third-order valence-electron chi connectivity index (χ3n) is 6.22. The molecule has 0 saturated heterocycles. The van der Waals surface area contributed by atoms with E-state index in [1.165, 1.54) is 7.11 Å². The van der Waals surface area contributed by atoms with Crippen LogP contribution in [0.2, 0.25) is 0 Å². The number of amides is 1. The van der Waals surface area contributed by atoms with Crippen molar-refractivity contribution < 1.29 is 14.3 Å². The molecule has 6 nitrogen and oxygen atoms in total. The highest BCUT2D eigenvalue weighted by atomic mass is 32.1. The van der Waals surface area contributed by atoms with Gasteiger partial charge in [0, 0.05) is 23.5 Å². The molecule has 0 aromatic heterocycles. The van der Waals surface area contributed by atoms with Gasteiger partial charge < -0.3 is 20.3 Å². The van der Waals surface area contributed by atoms with Crippen LogP contribution in [0.5, 0.6) is 0 Å². The van der Waals surface area contributed by atoms with Gasteiger partial charge in [0.2, 0.25) is 0 Å². The van der Waals surface area contributed by atoms with E-state index in [9.17, 15) is 9.59 Å². The molecule has 1 aliphatic heterocycles. The second-order valence-corrected chi connectivity index (χ2v) is 9.40. The van der Waals surface area contributed by atoms with Crippen molar-refractivity contribution in [1.82, 2.24) is 4.90 Å². The van der Waals surface area contributed by atoms with Crippen molar-refractivity contribution in [3.63, 3.8) is 0 Å². The number of methoxy groups -OCH3 is 1. The normalized spacial score (nSPS) is 13.4. The first-order chi connectivity index (χ1) is 16.8. The Hall–Kier alpha value is -3.71. The summed E-state index contributed by atoms with van der Waals surface area (Å²) in [6.45, 7) is 6.27. The second kappa shape index (κ2) is 10.3. The first kappa shape index (κ1) is 24.4. The number of aryl methyl sites for hydroxylation is 1. The zero-order valence-corrected chi connectivity index (χ0v) is 21.1. The molecule has 1 aliphatic rings. The summed E-state index contributed by atoms with van der Waals surface area (Å²) >= 11 is 5.45. The standard InChI is InChI=1S/C28H29N3O3S/c1-17(2)25(27(33)34-4)31-16-21-10-9-20(15-23(21)26(31)32)19-11-13-22(14-12-19)29-28(35)30-24-8-6-5-7-18(24)3/h5-15,17,25H,16H2,1-4H3,(H2,29,30,35)/t25-/m0/s1. The van der Waals surface area contributed by atoms with E-state index in [0.717, 1.165) is 33.6 Å². The molecule has 1 atom stereocenters. The molecule has 0 unspecified atom stereocenters. The average Bonchev–Trinajstić information content (AvgIpc) is 3.16. The molecule has 3 aromatic carbocycles. The molecule has 4 rings (SSSR count). The second-order valence-electron chi connectivity index (χ2n) is 8.99. The number of rotatable bonds is 6. The highest BCUT2D eigenvalue weighted by molar-refractivity contribution is 7.80. The number of nitrogens with one attached hydrogen (secondary N) is 2. The van der Waals surface area contributed by atoms with Crippen LogP contribution in [0.1, 0.15) is 35.3 Å². The number of thiocarbonyl (C=S) groups is 1. The molecule has 0 radical (unpaired) electrons. The zero-order valence-electron chi connectivity index (χ0n) is 20.3. The van der Waals surface area contributed by atoms with Crippen LogP contribution in [0.3, 0.4) is 0 Å². The Bertz CT molecular complexity index is 1270. The number of fused-ring (bicyclic) bond motifs is 1. The zero-order chi connectivity index (χ0) is 25.1. The number of benzene rings is 3. The Labute approximate surface area is 211 Å². The van der Waals surface area contributed by atoms with Crippen LogP contribution >= 0.6 is 12.2 Å². The molecule has 0 aliphatic carbocycles. The monoisotopic (exact) mass is 487 g/mol. The number of nitrogens with zero attached hydrogens (tertiary/aromatic N) is 1. The number of carbonyl (C=O) groups is 2. The lowest BCUT2D eigenvalue weighted by Gasteiger charge is -2.28. The third-order valence-corrected chi connectivity index (χ3v) is 6.43. The first-order valence-electron chi connectivity index (χ1n) is 11.5. The Balaban J connectivity index is 1.48. The number of esters is 1. The predicted molar refractivity (Wildman–Crippen MR) is 143 cm³/mol. The Morgan fingerprint density at radius 2 is 1.69 bits per heavy atom. The van der Waals surface area contributed by atoms with Gasteiger partial charge in [-0.2, -0.15) is 0 Å². The van der Waals surface area contributed by atoms with Gasteiger partial charge in [-0.25, -0.2) is 4.79 Å². The molecule has 0 spiro atoms. The van der Waals surface area contributed by atoms with Crippen LogP contribution in [0.25, 0.3) is 11.1 Å². The topological polar surface area (TPSA) is 70.7 Å². The Kier molecular flexibility index (Phi) is 7.17. The molecule has 0 saturated carbocycles. The summed E-state index contributed by atoms with van der Waals surface area (Å²) in [5.41, 5.74) is 6.40. The first-order valence-corrected chi connectivity index (χ1v) is 11.9. The Morgan fingerprint density at radius 1 is 1.00 bits per heavy atom. The van der Waals surface area contributed by atoms with Gasteiger partial charge in [0.25, 0.3) is 5.91 Å². The lowest BCUT2D eigenvalue weighted by Crippen LogP contribution is -2.45. The van der Waals surface area contributed by atoms with Crippen molar-refractivity contribution in [2.75, 3.05) is 17.7 Å². The maximum atomic E-state index is 13.2. The van der Waals surface area contributed by atoms with Crippen molar-refractivity contribution in [3.8, 4) is 11.1 Å². The third kappa shape index (κ3) is 5.20. The fourth-order valence-electron chi connectivity index (χ4n) is 4.35. The van der Waals surface area contributed by atoms with E-state index in [-0.39, 0.29) is 17.8 Å². The van der Waals surface area contributed by atoms with Gasteiger partial charge >= 0.3 is 5.97 Å². The van der Waals surface area contributed by atoms with Crippen molar-refractivity contribution in [1.29, 1.82) is 0 Å². The molecule has 180 valence electrons. The minimum absolute atomic E-state index is 0.0494. The van der Waals surface area contributed by atoms with Crippen molar-refractivity contribution >= 4 is 40.6 Å². The fourth-order valence-corrected chi connectivity index (χ4v) is 4.58. The van der Waals surface area contributed by atoms with Crippen molar-refractivity contribution in [2.45, 2.75) is 33.4 Å². The quantitative estimate of drug-likeness (QED) is 0.347. The predicted octanol–water partition coefficient (Wildman–Crippen LogP) is 5.62. The van der Waals surface area contributed by atoms with E-state index in [1.54, 1.807) is 4.90 Å². The van der Waals surface area contributed by atoms with Gasteiger partial charge in [0.05, 0.1) is 7.11 Å². The van der Waals surface area contributed by atoms with E-state index >= 15 is 0 Å². The summed E-state index contributed by atoms with van der Waals surface area (Å²) in [7, 11) is 1.35. The maximum Gasteiger partial charge on any atom is 0.328 e. The van der Waals surface area contributed by atoms with Gasteiger partial charge in [-0.3, -0.25) is 4.79 Å². The minimum Gasteiger partial charge on any atom is -0.467 e. The average molecular weight is 488 g/mol. The van der Waals surface area contributed by atoms with E-state index in [2.05, 4.69) is 10.6 Å². The lowest BCUT2D eigenvalue weighted by atomic mass is 10.00. The van der Waals surface area contributed by atoms with Crippen LogP contribution < -0.4 is 10.6 Å². The number of anilines is 2. The van der Waals surface area contributed by atoms with E-state index in [0.29, 0.717) is 17.2 Å². The fraction of sp³-hybridized carbons (Fsp3) is 0.250. The smallest absolute Gasteiger partial charge is 0.328 e. The molecule has 1 heterocycles. The molecule has 35 heavy (non-hydrogen) atoms. The minimum atomic E-state index is -0.606. The number of hydrogen-bond donors (Lipinski definition) is 2. The van der Waals surface area contributed by atoms with Crippen LogP contribution in [-0.2, 0) is 16.1 Å². The van der Waals surface area contributed by atoms with E-state index in [1.807, 2.05) is 87.5 Å². The summed E-state index contributed by atoms with van der Waals surface area (Å²) in [6.07, 6.45) is 0. The van der Waals surface area contributed by atoms with Gasteiger partial charge in [-0.15, -0.1) is 0 Å². The van der Waals surface area contributed by atoms with Crippen LogP contribution in [-0.4, -0.2) is 35.0 Å². The number of hydrogen-bond acceptors (Lipinski definition) is 4. The Morgan fingerprint density at radius 3 is 2.34 bits per heavy atom. The molecular weight excluding hydrogens is 458 g/mol. The van der Waals surface area contributed by atoms with Gasteiger partial charge in [-0.1, -0.05) is 56.3 Å². The molecule has 0 bridgehead atoms. The highest BCUT2D eigenvalue weighted by Gasteiger charge is 2.38. The van der Waals surface area contributed by atoms with Gasteiger partial charge in [0.15, 0.2) is 5.11 Å². The number of ether oxygens (including phenoxy) is 1. The van der Waals surface area contributed by atoms with Gasteiger partial charge in [-0.05, 0) is 71.6 Å². The summed E-state index contributed by atoms with van der Waals surface area (Å²) in [5.74, 6) is -0.581. The van der Waals surface area contributed by atoms with E-state index < -0.39 is 6.04 Å². The summed E-state index contributed by atoms with van der Waals surface area (Å²) < 4.78 is 4.95. The largest absolute Gasteiger partial charge is 0.467 e. The van der Waals surface area contributed by atoms with Crippen molar-refractivity contribution in [2.24, 2.45) is 5.92 Å². The maximum absolute atomic E-state index is 13.2. The van der Waals surface area contributed by atoms with E-state index in [4.69, 9.17) is 17.0 Å². The van der Waals surface area contributed by atoms with Crippen molar-refractivity contribution in [3.05, 3.63) is 83.4 Å². The summed E-state index contributed by atoms with van der Waals surface area (Å²) in [4.78, 5) is 27.1. The summed E-state index contributed by atoms with van der Waals surface area (Å²) in [5, 5.41) is 6.94. The van der Waals surface area contributed by atoms with Gasteiger partial charge in [0.1, 0.15) is 6.04 Å². The molecule has 2 N–H and O–H groups in total. The van der Waals surface area contributed by atoms with Crippen LogP contribution in [0, 0.1) is 12.8 Å². The molecule has 7 heteroatoms. The highest BCUT2D eigenvalue weighted by Crippen LogP contribution is 2.32. The SMILES string of the molecule is COC(=O)[C@H](C(C)C)N1Cc2ccc(-c3ccc(NC(=S)Nc4ccccc4C)cc3)cc2C1=O. The molecule has 0 fully saturated rings. The molecular formula is C28H29N3O3S. The molecule has 3 aromatic rings. The number of para-hydroxylation sites is 1. The summed E-state index contributed by atoms with van der Waals surface area (Å²) in [6, 6.07) is 21.1. The lowest BCUT2D eigenvalue weighted by molar-refractivity contribution is -0.147. The van der Waals surface area contributed by atoms with Crippen LogP contribution in [0.4, 0.5) is 11.4 Å². The number of carbonyl (C=O) groups excluding carboxylic acids is 2. The van der Waals surface area contributed by atoms with Crippen LogP contribution in [0.15, 0.2) is 66.7 Å².